The molecule has 0 unspecified atom stereocenters. The van der Waals surface area contributed by atoms with Crippen LogP contribution in [0.5, 0.6) is 11.5 Å². The number of anilines is 2. The SMILES string of the molecule is CNC(=O)c1cc(Oc2ccc(NC(=O)C(=O)Nc3ccc(Cl)cc3Cl)cc2)ccn1. The van der Waals surface area contributed by atoms with Gasteiger partial charge in [0.25, 0.3) is 5.91 Å². The third-order valence-corrected chi connectivity index (χ3v) is 4.47. The number of aromatic nitrogens is 1. The summed E-state index contributed by atoms with van der Waals surface area (Å²) in [5.74, 6) is -1.21. The van der Waals surface area contributed by atoms with Crippen molar-refractivity contribution in [3.63, 3.8) is 0 Å². The number of carbonyl (C=O) groups excluding carboxylic acids is 3. The van der Waals surface area contributed by atoms with E-state index in [1.54, 1.807) is 36.4 Å². The first-order valence-electron chi connectivity index (χ1n) is 8.89. The van der Waals surface area contributed by atoms with E-state index in [-0.39, 0.29) is 22.3 Å². The summed E-state index contributed by atoms with van der Waals surface area (Å²) in [5, 5.41) is 8.00. The lowest BCUT2D eigenvalue weighted by Crippen LogP contribution is -2.29. The second kappa shape index (κ2) is 9.92. The lowest BCUT2D eigenvalue weighted by Gasteiger charge is -2.10. The molecule has 0 atom stereocenters. The number of ether oxygens (including phenoxy) is 1. The first kappa shape index (κ1) is 22.1. The molecule has 10 heteroatoms. The summed E-state index contributed by atoms with van der Waals surface area (Å²) in [5.41, 5.74) is 0.870. The molecule has 0 aliphatic carbocycles. The molecule has 0 bridgehead atoms. The van der Waals surface area contributed by atoms with E-state index in [9.17, 15) is 14.4 Å². The zero-order chi connectivity index (χ0) is 22.4. The van der Waals surface area contributed by atoms with Gasteiger partial charge in [0.2, 0.25) is 0 Å². The van der Waals surface area contributed by atoms with Gasteiger partial charge in [0.05, 0.1) is 10.7 Å². The van der Waals surface area contributed by atoms with Gasteiger partial charge in [0.15, 0.2) is 0 Å². The van der Waals surface area contributed by atoms with Gasteiger partial charge in [-0.05, 0) is 48.5 Å². The average Bonchev–Trinajstić information content (AvgIpc) is 2.76. The predicted octanol–water partition coefficient (Wildman–Crippen LogP) is 4.12. The van der Waals surface area contributed by atoms with Crippen molar-refractivity contribution < 1.29 is 19.1 Å². The Morgan fingerprint density at radius 3 is 2.26 bits per heavy atom. The monoisotopic (exact) mass is 458 g/mol. The van der Waals surface area contributed by atoms with E-state index in [0.717, 1.165) is 0 Å². The number of pyridine rings is 1. The van der Waals surface area contributed by atoms with Gasteiger partial charge in [-0.3, -0.25) is 19.4 Å². The summed E-state index contributed by atoms with van der Waals surface area (Å²) >= 11 is 11.8. The Balaban J connectivity index is 1.60. The first-order chi connectivity index (χ1) is 14.9. The maximum Gasteiger partial charge on any atom is 0.314 e. The number of carbonyl (C=O) groups is 3. The smallest absolute Gasteiger partial charge is 0.314 e. The van der Waals surface area contributed by atoms with Gasteiger partial charge in [-0.1, -0.05) is 23.2 Å². The van der Waals surface area contributed by atoms with E-state index in [4.69, 9.17) is 27.9 Å². The van der Waals surface area contributed by atoms with Gasteiger partial charge in [-0.15, -0.1) is 0 Å². The van der Waals surface area contributed by atoms with E-state index < -0.39 is 11.8 Å². The van der Waals surface area contributed by atoms with Gasteiger partial charge in [0.1, 0.15) is 17.2 Å². The number of halogens is 2. The molecule has 31 heavy (non-hydrogen) atoms. The topological polar surface area (TPSA) is 109 Å². The molecule has 158 valence electrons. The fourth-order valence-corrected chi connectivity index (χ4v) is 2.88. The van der Waals surface area contributed by atoms with Crippen LogP contribution < -0.4 is 20.7 Å². The Labute approximate surface area is 187 Å². The molecule has 1 aromatic heterocycles. The van der Waals surface area contributed by atoms with Crippen molar-refractivity contribution in [3.8, 4) is 11.5 Å². The van der Waals surface area contributed by atoms with Gasteiger partial charge < -0.3 is 20.7 Å². The number of rotatable bonds is 5. The largest absolute Gasteiger partial charge is 0.457 e. The summed E-state index contributed by atoms with van der Waals surface area (Å²) in [7, 11) is 1.51. The molecule has 0 aliphatic heterocycles. The second-order valence-corrected chi connectivity index (χ2v) is 6.96. The van der Waals surface area contributed by atoms with Crippen LogP contribution in [-0.4, -0.2) is 29.8 Å². The van der Waals surface area contributed by atoms with Gasteiger partial charge in [0, 0.05) is 30.0 Å². The fraction of sp³-hybridized carbons (Fsp3) is 0.0476. The van der Waals surface area contributed by atoms with Gasteiger partial charge in [-0.25, -0.2) is 0 Å². The van der Waals surface area contributed by atoms with Crippen LogP contribution in [0.25, 0.3) is 0 Å². The van der Waals surface area contributed by atoms with Crippen LogP contribution in [0.3, 0.4) is 0 Å². The van der Waals surface area contributed by atoms with Crippen molar-refractivity contribution >= 4 is 52.3 Å². The lowest BCUT2D eigenvalue weighted by atomic mass is 10.3. The zero-order valence-electron chi connectivity index (χ0n) is 16.1. The summed E-state index contributed by atoms with van der Waals surface area (Å²) in [6.07, 6.45) is 1.46. The molecule has 0 spiro atoms. The summed E-state index contributed by atoms with van der Waals surface area (Å²) in [6, 6.07) is 13.9. The molecule has 0 saturated carbocycles. The highest BCUT2D eigenvalue weighted by Crippen LogP contribution is 2.26. The minimum absolute atomic E-state index is 0.214. The molecular formula is C21H16Cl2N4O4. The number of hydrogen-bond acceptors (Lipinski definition) is 5. The molecule has 3 aromatic rings. The first-order valence-corrected chi connectivity index (χ1v) is 9.65. The van der Waals surface area contributed by atoms with Crippen molar-refractivity contribution in [2.45, 2.75) is 0 Å². The molecule has 8 nitrogen and oxygen atoms in total. The Bertz CT molecular complexity index is 1140. The molecule has 1 heterocycles. The van der Waals surface area contributed by atoms with Crippen LogP contribution in [0.4, 0.5) is 11.4 Å². The van der Waals surface area contributed by atoms with E-state index in [1.807, 2.05) is 0 Å². The summed E-state index contributed by atoms with van der Waals surface area (Å²) < 4.78 is 5.69. The number of hydrogen-bond donors (Lipinski definition) is 3. The molecule has 0 aliphatic rings. The Morgan fingerprint density at radius 1 is 0.871 bits per heavy atom. The van der Waals surface area contributed by atoms with Crippen molar-refractivity contribution in [2.75, 3.05) is 17.7 Å². The number of amides is 3. The molecular weight excluding hydrogens is 443 g/mol. The standard InChI is InChI=1S/C21H16Cl2N4O4/c1-24-19(28)18-11-15(8-9-25-18)31-14-5-3-13(4-6-14)26-20(29)21(30)27-17-7-2-12(22)10-16(17)23/h2-11H,1H3,(H,24,28)(H,26,29)(H,27,30). The van der Waals surface area contributed by atoms with Crippen LogP contribution >= 0.6 is 23.2 Å². The molecule has 0 saturated heterocycles. The van der Waals surface area contributed by atoms with Crippen molar-refractivity contribution in [3.05, 3.63) is 76.5 Å². The minimum Gasteiger partial charge on any atom is -0.457 e. The highest BCUT2D eigenvalue weighted by molar-refractivity contribution is 6.45. The van der Waals surface area contributed by atoms with Gasteiger partial charge >= 0.3 is 11.8 Å². The Morgan fingerprint density at radius 2 is 1.58 bits per heavy atom. The van der Waals surface area contributed by atoms with Crippen LogP contribution in [0.1, 0.15) is 10.5 Å². The number of benzene rings is 2. The van der Waals surface area contributed by atoms with Gasteiger partial charge in [-0.2, -0.15) is 0 Å². The highest BCUT2D eigenvalue weighted by atomic mass is 35.5. The van der Waals surface area contributed by atoms with Crippen LogP contribution in [0, 0.1) is 0 Å². The van der Waals surface area contributed by atoms with E-state index in [2.05, 4.69) is 20.9 Å². The predicted molar refractivity (Wildman–Crippen MR) is 118 cm³/mol. The lowest BCUT2D eigenvalue weighted by molar-refractivity contribution is -0.132. The summed E-state index contributed by atoms with van der Waals surface area (Å²) in [4.78, 5) is 39.8. The van der Waals surface area contributed by atoms with Crippen molar-refractivity contribution in [1.82, 2.24) is 10.3 Å². The Hall–Kier alpha value is -3.62. The fourth-order valence-electron chi connectivity index (χ4n) is 2.43. The minimum atomic E-state index is -0.886. The number of nitrogens with zero attached hydrogens (tertiary/aromatic N) is 1. The van der Waals surface area contributed by atoms with Crippen LogP contribution in [0.15, 0.2) is 60.8 Å². The van der Waals surface area contributed by atoms with Crippen LogP contribution in [0.2, 0.25) is 10.0 Å². The molecule has 3 rings (SSSR count). The maximum atomic E-state index is 12.1. The summed E-state index contributed by atoms with van der Waals surface area (Å²) in [6.45, 7) is 0. The quantitative estimate of drug-likeness (QED) is 0.498. The zero-order valence-corrected chi connectivity index (χ0v) is 17.6. The molecule has 2 aromatic carbocycles. The molecule has 3 N–H and O–H groups in total. The molecule has 3 amide bonds. The maximum absolute atomic E-state index is 12.1. The van der Waals surface area contributed by atoms with Crippen LogP contribution in [-0.2, 0) is 9.59 Å². The highest BCUT2D eigenvalue weighted by Gasteiger charge is 2.16. The van der Waals surface area contributed by atoms with Crippen molar-refractivity contribution in [1.29, 1.82) is 0 Å². The average molecular weight is 459 g/mol. The second-order valence-electron chi connectivity index (χ2n) is 6.11. The third-order valence-electron chi connectivity index (χ3n) is 3.92. The molecule has 0 fully saturated rings. The Kier molecular flexibility index (Phi) is 7.07. The normalized spacial score (nSPS) is 10.2. The van der Waals surface area contributed by atoms with E-state index in [0.29, 0.717) is 22.2 Å². The van der Waals surface area contributed by atoms with E-state index >= 15 is 0 Å². The third kappa shape index (κ3) is 5.94. The van der Waals surface area contributed by atoms with E-state index in [1.165, 1.54) is 31.4 Å². The van der Waals surface area contributed by atoms with Crippen molar-refractivity contribution in [2.24, 2.45) is 0 Å². The number of nitrogens with one attached hydrogen (secondary N) is 3. The molecule has 0 radical (unpaired) electrons.